The Bertz CT molecular complexity index is 861. The molecule has 0 aliphatic rings. The van der Waals surface area contributed by atoms with Crippen molar-refractivity contribution in [3.63, 3.8) is 0 Å². The molecule has 0 saturated carbocycles. The van der Waals surface area contributed by atoms with Crippen LogP contribution < -0.4 is 11.0 Å². The number of benzene rings is 1. The topological polar surface area (TPSA) is 92.7 Å². The van der Waals surface area contributed by atoms with Gasteiger partial charge in [0.15, 0.2) is 0 Å². The fraction of sp³-hybridized carbons (Fsp3) is 0.286. The zero-order valence-electron chi connectivity index (χ0n) is 12.5. The first-order valence-corrected chi connectivity index (χ1v) is 6.73. The largest absolute Gasteiger partial charge is 0.451 e. The number of halogens is 3. The Morgan fingerprint density at radius 1 is 1.42 bits per heavy atom. The molecule has 1 aromatic carbocycles. The summed E-state index contributed by atoms with van der Waals surface area (Å²) in [5.74, 6) is -1.81. The summed E-state index contributed by atoms with van der Waals surface area (Å²) in [5.41, 5.74) is -0.389. The van der Waals surface area contributed by atoms with Crippen molar-refractivity contribution in [2.75, 3.05) is 6.54 Å². The van der Waals surface area contributed by atoms with Gasteiger partial charge in [0.1, 0.15) is 0 Å². The summed E-state index contributed by atoms with van der Waals surface area (Å²) in [6.07, 6.45) is -4.74. The molecule has 0 saturated heterocycles. The molecule has 0 atom stereocenters. The Morgan fingerprint density at radius 3 is 2.71 bits per heavy atom. The lowest BCUT2D eigenvalue weighted by atomic mass is 10.1. The van der Waals surface area contributed by atoms with Gasteiger partial charge in [-0.3, -0.25) is 9.36 Å². The van der Waals surface area contributed by atoms with Crippen LogP contribution in [0.2, 0.25) is 0 Å². The number of alkyl halides is 3. The van der Waals surface area contributed by atoms with E-state index in [1.165, 1.54) is 24.3 Å². The number of hydrogen-bond acceptors (Lipinski definition) is 4. The fourth-order valence-corrected chi connectivity index (χ4v) is 1.99. The van der Waals surface area contributed by atoms with Crippen molar-refractivity contribution in [3.05, 3.63) is 51.7 Å². The van der Waals surface area contributed by atoms with Gasteiger partial charge >= 0.3 is 11.9 Å². The molecule has 1 aromatic heterocycles. The molecule has 0 spiro atoms. The molecule has 0 radical (unpaired) electrons. The molecule has 1 N–H and O–H groups in total. The van der Waals surface area contributed by atoms with Crippen LogP contribution in [0.4, 0.5) is 13.2 Å². The zero-order chi connectivity index (χ0) is 17.9. The van der Waals surface area contributed by atoms with Gasteiger partial charge < -0.3 is 5.32 Å². The Kier molecular flexibility index (Phi) is 4.73. The van der Waals surface area contributed by atoms with Crippen molar-refractivity contribution in [1.29, 1.82) is 5.26 Å². The molecule has 2 aromatic rings. The second kappa shape index (κ2) is 6.57. The molecule has 0 aliphatic heterocycles. The van der Waals surface area contributed by atoms with E-state index in [1.54, 1.807) is 0 Å². The fourth-order valence-electron chi connectivity index (χ4n) is 1.99. The number of hydrogen-bond donors (Lipinski definition) is 1. The predicted molar refractivity (Wildman–Crippen MR) is 76.0 cm³/mol. The minimum absolute atomic E-state index is 0.0934. The summed E-state index contributed by atoms with van der Waals surface area (Å²) in [4.78, 5) is 23.6. The average molecular weight is 339 g/mol. The molecule has 0 fully saturated rings. The Labute approximate surface area is 133 Å². The summed E-state index contributed by atoms with van der Waals surface area (Å²) in [5, 5.41) is 14.5. The molecule has 0 unspecified atom stereocenters. The van der Waals surface area contributed by atoms with Crippen LogP contribution in [0, 0.1) is 11.3 Å². The van der Waals surface area contributed by atoms with E-state index in [0.717, 1.165) is 7.05 Å². The van der Waals surface area contributed by atoms with Crippen LogP contribution in [0.3, 0.4) is 0 Å². The lowest BCUT2D eigenvalue weighted by Crippen LogP contribution is -2.31. The standard InChI is InChI=1S/C14H12F3N5O2/c1-21-12(14(15,16)17)20-22(13(21)24)6-5-19-11(23)10-4-2-3-9(7-10)8-18/h2-4,7H,5-6H2,1H3,(H,19,23). The van der Waals surface area contributed by atoms with Gasteiger partial charge in [-0.15, -0.1) is 5.10 Å². The van der Waals surface area contributed by atoms with E-state index >= 15 is 0 Å². The highest BCUT2D eigenvalue weighted by Gasteiger charge is 2.37. The van der Waals surface area contributed by atoms with Gasteiger partial charge in [-0.2, -0.15) is 18.4 Å². The summed E-state index contributed by atoms with van der Waals surface area (Å²) < 4.78 is 39.0. The summed E-state index contributed by atoms with van der Waals surface area (Å²) in [6.45, 7) is -0.309. The van der Waals surface area contributed by atoms with Gasteiger partial charge in [-0.25, -0.2) is 9.48 Å². The molecule has 10 heteroatoms. The Morgan fingerprint density at radius 2 is 2.12 bits per heavy atom. The lowest BCUT2D eigenvalue weighted by molar-refractivity contribution is -0.147. The van der Waals surface area contributed by atoms with Crippen LogP contribution in [-0.2, 0) is 19.8 Å². The van der Waals surface area contributed by atoms with E-state index in [4.69, 9.17) is 5.26 Å². The SMILES string of the molecule is Cn1c(C(F)(F)F)nn(CCNC(=O)c2cccc(C#N)c2)c1=O. The molecule has 0 aliphatic carbocycles. The summed E-state index contributed by atoms with van der Waals surface area (Å²) >= 11 is 0. The van der Waals surface area contributed by atoms with Crippen LogP contribution >= 0.6 is 0 Å². The van der Waals surface area contributed by atoms with E-state index in [0.29, 0.717) is 14.8 Å². The molecular formula is C14H12F3N5O2. The van der Waals surface area contributed by atoms with Crippen molar-refractivity contribution in [1.82, 2.24) is 19.7 Å². The monoisotopic (exact) mass is 339 g/mol. The minimum atomic E-state index is -4.74. The number of rotatable bonds is 4. The number of carbonyl (C=O) groups excluding carboxylic acids is 1. The third-order valence-corrected chi connectivity index (χ3v) is 3.16. The van der Waals surface area contributed by atoms with Crippen molar-refractivity contribution >= 4 is 5.91 Å². The first-order chi connectivity index (χ1) is 11.2. The van der Waals surface area contributed by atoms with Crippen molar-refractivity contribution < 1.29 is 18.0 Å². The third kappa shape index (κ3) is 3.62. The quantitative estimate of drug-likeness (QED) is 0.896. The van der Waals surface area contributed by atoms with Crippen LogP contribution in [0.1, 0.15) is 21.7 Å². The molecule has 1 heterocycles. The highest BCUT2D eigenvalue weighted by Crippen LogP contribution is 2.25. The maximum absolute atomic E-state index is 12.7. The third-order valence-electron chi connectivity index (χ3n) is 3.16. The number of nitrogens with one attached hydrogen (secondary N) is 1. The van der Waals surface area contributed by atoms with Gasteiger partial charge in [0.25, 0.3) is 5.91 Å². The van der Waals surface area contributed by atoms with Crippen molar-refractivity contribution in [2.24, 2.45) is 7.05 Å². The van der Waals surface area contributed by atoms with Crippen LogP contribution in [0.5, 0.6) is 0 Å². The maximum Gasteiger partial charge on any atom is 0.451 e. The molecular weight excluding hydrogens is 327 g/mol. The number of aromatic nitrogens is 3. The average Bonchev–Trinajstić information content (AvgIpc) is 2.83. The highest BCUT2D eigenvalue weighted by molar-refractivity contribution is 5.94. The summed E-state index contributed by atoms with van der Waals surface area (Å²) in [6, 6.07) is 7.82. The van der Waals surface area contributed by atoms with E-state index in [9.17, 15) is 22.8 Å². The van der Waals surface area contributed by atoms with Crippen LogP contribution in [0.15, 0.2) is 29.1 Å². The minimum Gasteiger partial charge on any atom is -0.350 e. The predicted octanol–water partition coefficient (Wildman–Crippen LogP) is 0.902. The maximum atomic E-state index is 12.7. The van der Waals surface area contributed by atoms with E-state index in [1.807, 2.05) is 6.07 Å². The summed E-state index contributed by atoms with van der Waals surface area (Å²) in [7, 11) is 0.973. The Balaban J connectivity index is 2.03. The molecule has 1 amide bonds. The molecule has 24 heavy (non-hydrogen) atoms. The van der Waals surface area contributed by atoms with Gasteiger partial charge in [0.2, 0.25) is 5.82 Å². The second-order valence-electron chi connectivity index (χ2n) is 4.83. The number of nitriles is 1. The van der Waals surface area contributed by atoms with Gasteiger partial charge in [0.05, 0.1) is 18.2 Å². The van der Waals surface area contributed by atoms with E-state index in [2.05, 4.69) is 10.4 Å². The van der Waals surface area contributed by atoms with Crippen LogP contribution in [-0.4, -0.2) is 26.8 Å². The van der Waals surface area contributed by atoms with Crippen molar-refractivity contribution in [3.8, 4) is 6.07 Å². The van der Waals surface area contributed by atoms with E-state index < -0.39 is 23.6 Å². The smallest absolute Gasteiger partial charge is 0.350 e. The first-order valence-electron chi connectivity index (χ1n) is 6.73. The number of amides is 1. The molecule has 0 bridgehead atoms. The highest BCUT2D eigenvalue weighted by atomic mass is 19.4. The Hall–Kier alpha value is -3.09. The normalized spacial score (nSPS) is 11.1. The lowest BCUT2D eigenvalue weighted by Gasteiger charge is -2.05. The molecule has 126 valence electrons. The second-order valence-corrected chi connectivity index (χ2v) is 4.83. The first kappa shape index (κ1) is 17.3. The van der Waals surface area contributed by atoms with Crippen molar-refractivity contribution in [2.45, 2.75) is 12.7 Å². The zero-order valence-corrected chi connectivity index (χ0v) is 12.5. The molecule has 7 nitrogen and oxygen atoms in total. The van der Waals surface area contributed by atoms with Gasteiger partial charge in [-0.05, 0) is 18.2 Å². The van der Waals surface area contributed by atoms with E-state index in [-0.39, 0.29) is 18.7 Å². The van der Waals surface area contributed by atoms with Gasteiger partial charge in [0, 0.05) is 19.2 Å². The van der Waals surface area contributed by atoms with Gasteiger partial charge in [-0.1, -0.05) is 6.07 Å². The number of nitrogens with zero attached hydrogens (tertiary/aromatic N) is 4. The van der Waals surface area contributed by atoms with Crippen LogP contribution in [0.25, 0.3) is 0 Å². The number of carbonyl (C=O) groups is 1. The molecule has 2 rings (SSSR count).